The monoisotopic (exact) mass is 490 g/mol. The van der Waals surface area contributed by atoms with Crippen molar-refractivity contribution in [3.8, 4) is 5.75 Å². The summed E-state index contributed by atoms with van der Waals surface area (Å²) in [5.41, 5.74) is 1.79. The van der Waals surface area contributed by atoms with E-state index < -0.39 is 6.10 Å². The van der Waals surface area contributed by atoms with Crippen LogP contribution in [0.15, 0.2) is 65.6 Å². The van der Waals surface area contributed by atoms with Crippen LogP contribution in [0, 0.1) is 5.92 Å². The molecule has 0 N–H and O–H groups in total. The van der Waals surface area contributed by atoms with Crippen LogP contribution in [0.1, 0.15) is 23.7 Å². The van der Waals surface area contributed by atoms with E-state index >= 15 is 0 Å². The van der Waals surface area contributed by atoms with Crippen LogP contribution in [0.2, 0.25) is 0 Å². The van der Waals surface area contributed by atoms with Gasteiger partial charge in [-0.3, -0.25) is 9.59 Å². The highest BCUT2D eigenvalue weighted by atomic mass is 32.2. The molecular formula is C28H30N2O4S. The molecule has 1 heterocycles. The fraction of sp³-hybridized carbons (Fsp3) is 0.357. The molecule has 6 nitrogen and oxygen atoms in total. The number of esters is 1. The molecule has 2 aliphatic rings. The standard InChI is InChI=1S/C28H30N2O4S/c1-29(2)16-17-30-23-15-12-18-6-4-5-7-22(18)26(23)35-25(19-10-13-21(33-3)14-11-19)24(27(30)31)34-28(32)20-8-9-20/h4-7,10-15,20,24-25H,8-9,16-17H2,1-3H3/t24-,25+/m1/s1. The number of thioether (sulfide) groups is 1. The van der Waals surface area contributed by atoms with Crippen molar-refractivity contribution in [1.82, 2.24) is 4.90 Å². The quantitative estimate of drug-likeness (QED) is 0.439. The second-order valence-electron chi connectivity index (χ2n) is 9.37. The maximum atomic E-state index is 14.1. The minimum Gasteiger partial charge on any atom is -0.497 e. The van der Waals surface area contributed by atoms with Crippen molar-refractivity contribution in [2.75, 3.05) is 39.2 Å². The fourth-order valence-electron chi connectivity index (χ4n) is 4.38. The van der Waals surface area contributed by atoms with E-state index in [2.05, 4.69) is 23.1 Å². The molecule has 0 aromatic heterocycles. The second kappa shape index (κ2) is 9.91. The number of anilines is 1. The van der Waals surface area contributed by atoms with Crippen LogP contribution >= 0.6 is 11.8 Å². The number of rotatable bonds is 7. The highest BCUT2D eigenvalue weighted by molar-refractivity contribution is 8.00. The number of ether oxygens (including phenoxy) is 2. The Labute approximate surface area is 210 Å². The first kappa shape index (κ1) is 23.7. The van der Waals surface area contributed by atoms with Crippen LogP contribution < -0.4 is 9.64 Å². The molecule has 182 valence electrons. The van der Waals surface area contributed by atoms with E-state index in [0.717, 1.165) is 45.5 Å². The van der Waals surface area contributed by atoms with Crippen LogP contribution in [0.25, 0.3) is 10.8 Å². The van der Waals surface area contributed by atoms with Crippen molar-refractivity contribution in [3.05, 3.63) is 66.2 Å². The molecule has 1 fully saturated rings. The molecule has 1 aliphatic carbocycles. The van der Waals surface area contributed by atoms with E-state index in [4.69, 9.17) is 9.47 Å². The van der Waals surface area contributed by atoms with Crippen molar-refractivity contribution >= 4 is 40.1 Å². The van der Waals surface area contributed by atoms with E-state index in [9.17, 15) is 9.59 Å². The molecule has 1 aliphatic heterocycles. The largest absolute Gasteiger partial charge is 0.497 e. The molecule has 3 aromatic rings. The molecule has 0 radical (unpaired) electrons. The number of fused-ring (bicyclic) bond motifs is 3. The van der Waals surface area contributed by atoms with Crippen LogP contribution in [-0.2, 0) is 14.3 Å². The zero-order valence-corrected chi connectivity index (χ0v) is 21.1. The molecule has 1 saturated carbocycles. The SMILES string of the molecule is COc1ccc([C@@H]2Sc3c(ccc4ccccc34)N(CCN(C)C)C(=O)[C@@H]2OC(=O)C2CC2)cc1. The van der Waals surface area contributed by atoms with Crippen molar-refractivity contribution in [2.24, 2.45) is 5.92 Å². The third-order valence-corrected chi connectivity index (χ3v) is 7.99. The van der Waals surface area contributed by atoms with Gasteiger partial charge in [-0.1, -0.05) is 42.5 Å². The Morgan fingerprint density at radius 3 is 2.49 bits per heavy atom. The Kier molecular flexibility index (Phi) is 6.71. The molecule has 35 heavy (non-hydrogen) atoms. The number of hydrogen-bond acceptors (Lipinski definition) is 6. The number of hydrogen-bond donors (Lipinski definition) is 0. The molecule has 2 atom stereocenters. The summed E-state index contributed by atoms with van der Waals surface area (Å²) in [7, 11) is 5.61. The van der Waals surface area contributed by atoms with E-state index in [1.165, 1.54) is 0 Å². The maximum Gasteiger partial charge on any atom is 0.309 e. The molecule has 0 spiro atoms. The average molecular weight is 491 g/mol. The molecule has 7 heteroatoms. The average Bonchev–Trinajstić information content (AvgIpc) is 3.72. The summed E-state index contributed by atoms with van der Waals surface area (Å²) in [6.45, 7) is 1.20. The minimum atomic E-state index is -0.921. The van der Waals surface area contributed by atoms with Crippen LogP contribution in [0.5, 0.6) is 5.75 Å². The molecule has 1 amide bonds. The molecule has 3 aromatic carbocycles. The normalized spacial score (nSPS) is 20.0. The van der Waals surface area contributed by atoms with Gasteiger partial charge in [-0.2, -0.15) is 0 Å². The molecule has 0 bridgehead atoms. The Morgan fingerprint density at radius 1 is 1.06 bits per heavy atom. The Bertz CT molecular complexity index is 1240. The van der Waals surface area contributed by atoms with Gasteiger partial charge in [0.2, 0.25) is 0 Å². The molecule has 5 rings (SSSR count). The van der Waals surface area contributed by atoms with Crippen molar-refractivity contribution < 1.29 is 19.1 Å². The summed E-state index contributed by atoms with van der Waals surface area (Å²) in [4.78, 5) is 31.9. The third-order valence-electron chi connectivity index (χ3n) is 6.55. The van der Waals surface area contributed by atoms with Crippen LogP contribution in [0.4, 0.5) is 5.69 Å². The van der Waals surface area contributed by atoms with E-state index in [0.29, 0.717) is 13.1 Å². The first-order valence-electron chi connectivity index (χ1n) is 11.9. The summed E-state index contributed by atoms with van der Waals surface area (Å²) < 4.78 is 11.4. The summed E-state index contributed by atoms with van der Waals surface area (Å²) >= 11 is 1.60. The summed E-state index contributed by atoms with van der Waals surface area (Å²) in [5.74, 6) is 0.198. The lowest BCUT2D eigenvalue weighted by molar-refractivity contribution is -0.156. The summed E-state index contributed by atoms with van der Waals surface area (Å²) in [6.07, 6.45) is 0.736. The number of benzene rings is 3. The topological polar surface area (TPSA) is 59.1 Å². The number of carbonyl (C=O) groups is 2. The van der Waals surface area contributed by atoms with Gasteiger partial charge in [0.15, 0.2) is 6.10 Å². The number of amides is 1. The van der Waals surface area contributed by atoms with E-state index in [1.54, 1.807) is 18.9 Å². The molecule has 0 saturated heterocycles. The van der Waals surface area contributed by atoms with Gasteiger partial charge in [-0.05, 0) is 61.5 Å². The van der Waals surface area contributed by atoms with Gasteiger partial charge in [-0.25, -0.2) is 0 Å². The Hall–Kier alpha value is -3.03. The lowest BCUT2D eigenvalue weighted by Crippen LogP contribution is -2.45. The van der Waals surface area contributed by atoms with Gasteiger partial charge in [0.1, 0.15) is 5.75 Å². The highest BCUT2D eigenvalue weighted by Crippen LogP contribution is 2.50. The maximum absolute atomic E-state index is 14.1. The van der Waals surface area contributed by atoms with Crippen molar-refractivity contribution in [2.45, 2.75) is 29.1 Å². The number of likely N-dealkylation sites (N-methyl/N-ethyl adjacent to an activating group) is 1. The van der Waals surface area contributed by atoms with Gasteiger partial charge >= 0.3 is 5.97 Å². The predicted molar refractivity (Wildman–Crippen MR) is 139 cm³/mol. The van der Waals surface area contributed by atoms with Gasteiger partial charge in [-0.15, -0.1) is 11.8 Å². The Balaban J connectivity index is 1.65. The van der Waals surface area contributed by atoms with Gasteiger partial charge in [0.25, 0.3) is 5.91 Å². The third kappa shape index (κ3) is 4.88. The number of methoxy groups -OCH3 is 1. The number of nitrogens with zero attached hydrogens (tertiary/aromatic N) is 2. The first-order valence-corrected chi connectivity index (χ1v) is 12.8. The second-order valence-corrected chi connectivity index (χ2v) is 10.5. The lowest BCUT2D eigenvalue weighted by Gasteiger charge is -2.28. The summed E-state index contributed by atoms with van der Waals surface area (Å²) in [6, 6.07) is 20.0. The minimum absolute atomic E-state index is 0.0917. The molecular weight excluding hydrogens is 460 g/mol. The fourth-order valence-corrected chi connectivity index (χ4v) is 5.83. The highest BCUT2D eigenvalue weighted by Gasteiger charge is 2.44. The number of carbonyl (C=O) groups excluding carboxylic acids is 2. The zero-order chi connectivity index (χ0) is 24.5. The van der Waals surface area contributed by atoms with Crippen LogP contribution in [-0.4, -0.2) is 57.2 Å². The first-order chi connectivity index (χ1) is 17.0. The van der Waals surface area contributed by atoms with E-state index in [-0.39, 0.29) is 23.0 Å². The zero-order valence-electron chi connectivity index (χ0n) is 20.3. The van der Waals surface area contributed by atoms with Gasteiger partial charge in [0.05, 0.1) is 24.0 Å². The van der Waals surface area contributed by atoms with Gasteiger partial charge in [0, 0.05) is 18.0 Å². The summed E-state index contributed by atoms with van der Waals surface area (Å²) in [5, 5.41) is 1.82. The van der Waals surface area contributed by atoms with Gasteiger partial charge < -0.3 is 19.3 Å². The lowest BCUT2D eigenvalue weighted by atomic mass is 10.0. The van der Waals surface area contributed by atoms with Crippen molar-refractivity contribution in [1.29, 1.82) is 0 Å². The van der Waals surface area contributed by atoms with E-state index in [1.807, 2.05) is 61.5 Å². The van der Waals surface area contributed by atoms with Crippen molar-refractivity contribution in [3.63, 3.8) is 0 Å². The molecule has 0 unspecified atom stereocenters. The predicted octanol–water partition coefficient (Wildman–Crippen LogP) is 4.91. The smallest absolute Gasteiger partial charge is 0.309 e. The Morgan fingerprint density at radius 2 is 1.80 bits per heavy atom. The van der Waals surface area contributed by atoms with Crippen LogP contribution in [0.3, 0.4) is 0 Å².